The molecule has 2 aliphatic rings. The van der Waals surface area contributed by atoms with Gasteiger partial charge in [-0.2, -0.15) is 0 Å². The van der Waals surface area contributed by atoms with Crippen molar-refractivity contribution in [2.45, 2.75) is 44.2 Å². The Kier molecular flexibility index (Phi) is 5.10. The first-order chi connectivity index (χ1) is 12.0. The molecule has 0 spiro atoms. The average molecular weight is 347 g/mol. The number of piperidine rings is 1. The van der Waals surface area contributed by atoms with Crippen LogP contribution < -0.4 is 4.90 Å². The van der Waals surface area contributed by atoms with Gasteiger partial charge in [0, 0.05) is 24.8 Å². The number of amides is 2. The zero-order chi connectivity index (χ0) is 18.0. The second-order valence-corrected chi connectivity index (χ2v) is 6.46. The summed E-state index contributed by atoms with van der Waals surface area (Å²) in [4.78, 5) is 38.8. The maximum atomic E-state index is 12.9. The second kappa shape index (κ2) is 7.28. The summed E-state index contributed by atoms with van der Waals surface area (Å²) in [6.45, 7) is 0.766. The molecule has 2 fully saturated rings. The molecule has 0 aliphatic carbocycles. The van der Waals surface area contributed by atoms with Crippen molar-refractivity contribution < 1.29 is 19.6 Å². The van der Waals surface area contributed by atoms with Crippen LogP contribution in [0.15, 0.2) is 24.3 Å². The van der Waals surface area contributed by atoms with E-state index in [-0.39, 0.29) is 42.3 Å². The number of carbonyl (C=O) groups excluding carboxylic acids is 2. The number of hydrogen-bond donors (Lipinski definition) is 1. The number of nitrogens with zero attached hydrogens (tertiary/aromatic N) is 3. The minimum absolute atomic E-state index is 0.0462. The molecule has 1 aromatic rings. The molecule has 2 aliphatic heterocycles. The first-order valence-corrected chi connectivity index (χ1v) is 8.51. The Balaban J connectivity index is 1.84. The van der Waals surface area contributed by atoms with Gasteiger partial charge in [-0.15, -0.1) is 0 Å². The number of likely N-dealkylation sites (tertiary alicyclic amines) is 1. The molecule has 0 bridgehead atoms. The predicted molar refractivity (Wildman–Crippen MR) is 90.0 cm³/mol. The Morgan fingerprint density at radius 1 is 1.28 bits per heavy atom. The number of carbonyl (C=O) groups is 2. The highest BCUT2D eigenvalue weighted by Crippen LogP contribution is 2.31. The van der Waals surface area contributed by atoms with Crippen molar-refractivity contribution in [1.29, 1.82) is 0 Å². The van der Waals surface area contributed by atoms with Gasteiger partial charge in [-0.25, -0.2) is 4.90 Å². The summed E-state index contributed by atoms with van der Waals surface area (Å²) < 4.78 is 0. The van der Waals surface area contributed by atoms with Gasteiger partial charge in [0.15, 0.2) is 0 Å². The maximum Gasteiger partial charge on any atom is 0.271 e. The molecule has 3 rings (SSSR count). The van der Waals surface area contributed by atoms with Gasteiger partial charge in [0.1, 0.15) is 0 Å². The quantitative estimate of drug-likeness (QED) is 0.491. The minimum Gasteiger partial charge on any atom is -0.396 e. The van der Waals surface area contributed by atoms with Gasteiger partial charge in [0.05, 0.1) is 23.1 Å². The summed E-state index contributed by atoms with van der Waals surface area (Å²) >= 11 is 0. The van der Waals surface area contributed by atoms with E-state index >= 15 is 0 Å². The lowest BCUT2D eigenvalue weighted by Crippen LogP contribution is -2.50. The van der Waals surface area contributed by atoms with E-state index in [2.05, 4.69) is 0 Å². The van der Waals surface area contributed by atoms with Crippen LogP contribution in [0.5, 0.6) is 0 Å². The molecule has 0 radical (unpaired) electrons. The van der Waals surface area contributed by atoms with Crippen LogP contribution in [-0.2, 0) is 9.59 Å². The Morgan fingerprint density at radius 2 is 2.08 bits per heavy atom. The zero-order valence-electron chi connectivity index (χ0n) is 13.8. The van der Waals surface area contributed by atoms with Crippen LogP contribution in [0, 0.1) is 10.1 Å². The third-order valence-electron chi connectivity index (χ3n) is 4.96. The van der Waals surface area contributed by atoms with Crippen molar-refractivity contribution in [3.63, 3.8) is 0 Å². The van der Waals surface area contributed by atoms with E-state index in [9.17, 15) is 24.8 Å². The molecule has 8 nitrogen and oxygen atoms in total. The third kappa shape index (κ3) is 3.40. The van der Waals surface area contributed by atoms with Crippen molar-refractivity contribution in [3.8, 4) is 0 Å². The van der Waals surface area contributed by atoms with E-state index in [1.54, 1.807) is 0 Å². The van der Waals surface area contributed by atoms with Crippen molar-refractivity contribution >= 4 is 23.2 Å². The smallest absolute Gasteiger partial charge is 0.271 e. The van der Waals surface area contributed by atoms with Crippen molar-refractivity contribution in [2.75, 3.05) is 18.1 Å². The number of hydrogen-bond acceptors (Lipinski definition) is 6. The predicted octanol–water partition coefficient (Wildman–Crippen LogP) is 1.46. The molecule has 0 saturated carbocycles. The summed E-state index contributed by atoms with van der Waals surface area (Å²) in [6.07, 6.45) is 3.55. The van der Waals surface area contributed by atoms with Gasteiger partial charge < -0.3 is 5.11 Å². The fraction of sp³-hybridized carbons (Fsp3) is 0.529. The highest BCUT2D eigenvalue weighted by atomic mass is 16.6. The molecule has 0 unspecified atom stereocenters. The highest BCUT2D eigenvalue weighted by Gasteiger charge is 2.45. The van der Waals surface area contributed by atoms with Gasteiger partial charge in [-0.05, 0) is 31.9 Å². The summed E-state index contributed by atoms with van der Waals surface area (Å²) in [6, 6.07) is 5.12. The standard InChI is InChI=1S/C17H21N3O5/c21-9-7-12-4-1-2-8-18(12)15-11-16(22)19(17(15)23)13-5-3-6-14(10-13)20(24)25/h3,5-6,10,12,15,21H,1-2,4,7-9,11H2/t12-,15+/m0/s1. The molecule has 1 aromatic carbocycles. The maximum absolute atomic E-state index is 12.9. The number of imide groups is 1. The molecular formula is C17H21N3O5. The summed E-state index contributed by atoms with van der Waals surface area (Å²) in [5.41, 5.74) is 0.0834. The summed E-state index contributed by atoms with van der Waals surface area (Å²) in [7, 11) is 0. The number of rotatable bonds is 5. The van der Waals surface area contributed by atoms with Crippen molar-refractivity contribution in [3.05, 3.63) is 34.4 Å². The van der Waals surface area contributed by atoms with E-state index in [0.29, 0.717) is 6.42 Å². The van der Waals surface area contributed by atoms with Crippen LogP contribution in [0.4, 0.5) is 11.4 Å². The molecule has 2 heterocycles. The van der Waals surface area contributed by atoms with Crippen LogP contribution >= 0.6 is 0 Å². The molecule has 25 heavy (non-hydrogen) atoms. The lowest BCUT2D eigenvalue weighted by atomic mass is 9.97. The monoisotopic (exact) mass is 347 g/mol. The number of nitro benzene ring substituents is 1. The molecule has 2 saturated heterocycles. The van der Waals surface area contributed by atoms with E-state index < -0.39 is 11.0 Å². The normalized spacial score (nSPS) is 24.8. The Labute approximate surface area is 145 Å². The lowest BCUT2D eigenvalue weighted by molar-refractivity contribution is -0.384. The van der Waals surface area contributed by atoms with Crippen LogP contribution in [0.3, 0.4) is 0 Å². The topological polar surface area (TPSA) is 104 Å². The van der Waals surface area contributed by atoms with Gasteiger partial charge in [0.25, 0.3) is 11.6 Å². The van der Waals surface area contributed by atoms with E-state index in [1.165, 1.54) is 24.3 Å². The number of non-ortho nitro benzene ring substituents is 1. The van der Waals surface area contributed by atoms with Gasteiger partial charge in [-0.1, -0.05) is 12.5 Å². The number of benzene rings is 1. The molecule has 0 aromatic heterocycles. The first-order valence-electron chi connectivity index (χ1n) is 8.51. The summed E-state index contributed by atoms with van der Waals surface area (Å²) in [5.74, 6) is -0.681. The second-order valence-electron chi connectivity index (χ2n) is 6.46. The molecule has 8 heteroatoms. The average Bonchev–Trinajstić information content (AvgIpc) is 2.90. The fourth-order valence-corrected chi connectivity index (χ4v) is 3.78. The van der Waals surface area contributed by atoms with E-state index in [1.807, 2.05) is 4.90 Å². The number of nitro groups is 1. The minimum atomic E-state index is -0.552. The van der Waals surface area contributed by atoms with Crippen LogP contribution in [-0.4, -0.2) is 52.0 Å². The molecule has 134 valence electrons. The number of aliphatic hydroxyl groups excluding tert-OH is 1. The van der Waals surface area contributed by atoms with Crippen molar-refractivity contribution in [2.24, 2.45) is 0 Å². The first kappa shape index (κ1) is 17.5. The largest absolute Gasteiger partial charge is 0.396 e. The van der Waals surface area contributed by atoms with Gasteiger partial charge in [0.2, 0.25) is 5.91 Å². The highest BCUT2D eigenvalue weighted by molar-refractivity contribution is 6.22. The van der Waals surface area contributed by atoms with Crippen LogP contribution in [0.2, 0.25) is 0 Å². The Bertz CT molecular complexity index is 691. The molecule has 2 amide bonds. The van der Waals surface area contributed by atoms with Gasteiger partial charge in [-0.3, -0.25) is 24.6 Å². The zero-order valence-corrected chi connectivity index (χ0v) is 13.8. The lowest BCUT2D eigenvalue weighted by Gasteiger charge is -2.38. The van der Waals surface area contributed by atoms with Crippen LogP contribution in [0.1, 0.15) is 32.1 Å². The molecule has 1 N–H and O–H groups in total. The van der Waals surface area contributed by atoms with E-state index in [4.69, 9.17) is 0 Å². The Hall–Kier alpha value is -2.32. The Morgan fingerprint density at radius 3 is 2.80 bits per heavy atom. The van der Waals surface area contributed by atoms with Gasteiger partial charge >= 0.3 is 0 Å². The molecule has 2 atom stereocenters. The third-order valence-corrected chi connectivity index (χ3v) is 4.96. The van der Waals surface area contributed by atoms with Crippen LogP contribution in [0.25, 0.3) is 0 Å². The molecular weight excluding hydrogens is 326 g/mol. The number of aliphatic hydroxyl groups is 1. The fourth-order valence-electron chi connectivity index (χ4n) is 3.78. The summed E-state index contributed by atoms with van der Waals surface area (Å²) in [5, 5.41) is 20.2. The SMILES string of the molecule is O=C1C[C@@H](N2CCCC[C@H]2CCO)C(=O)N1c1cccc([N+](=O)[O-])c1. The van der Waals surface area contributed by atoms with Crippen molar-refractivity contribution in [1.82, 2.24) is 4.90 Å². The van der Waals surface area contributed by atoms with E-state index in [0.717, 1.165) is 30.7 Å². The number of anilines is 1.